The van der Waals surface area contributed by atoms with E-state index < -0.39 is 0 Å². The zero-order valence-electron chi connectivity index (χ0n) is 6.30. The van der Waals surface area contributed by atoms with E-state index in [0.29, 0.717) is 5.56 Å². The second-order valence-electron chi connectivity index (χ2n) is 2.83. The number of aryl methyl sites for hydroxylation is 1. The molecule has 0 N–H and O–H groups in total. The summed E-state index contributed by atoms with van der Waals surface area (Å²) in [4.78, 5) is 0. The Morgan fingerprint density at radius 2 is 2.27 bits per heavy atom. The van der Waals surface area contributed by atoms with Crippen molar-refractivity contribution in [1.82, 2.24) is 0 Å². The number of epoxide rings is 1. The minimum atomic E-state index is -0.144. The van der Waals surface area contributed by atoms with Gasteiger partial charge in [-0.3, -0.25) is 0 Å². The van der Waals surface area contributed by atoms with Crippen LogP contribution < -0.4 is 0 Å². The Labute approximate surface area is 64.8 Å². The van der Waals surface area contributed by atoms with E-state index in [-0.39, 0.29) is 11.9 Å². The van der Waals surface area contributed by atoms with Crippen LogP contribution in [0.25, 0.3) is 0 Å². The molecule has 1 saturated heterocycles. The number of hydrogen-bond acceptors (Lipinski definition) is 1. The molecular formula is C9H9FO. The van der Waals surface area contributed by atoms with E-state index in [0.717, 1.165) is 12.2 Å². The summed E-state index contributed by atoms with van der Waals surface area (Å²) in [6, 6.07) is 5.11. The molecule has 0 radical (unpaired) electrons. The average Bonchev–Trinajstić information content (AvgIpc) is 2.77. The maximum atomic E-state index is 12.7. The van der Waals surface area contributed by atoms with Crippen LogP contribution in [0.15, 0.2) is 18.2 Å². The lowest BCUT2D eigenvalue weighted by atomic mass is 10.1. The summed E-state index contributed by atoms with van der Waals surface area (Å²) in [5, 5.41) is 0. The van der Waals surface area contributed by atoms with E-state index in [2.05, 4.69) is 0 Å². The fourth-order valence-electron chi connectivity index (χ4n) is 1.11. The molecule has 58 valence electrons. The van der Waals surface area contributed by atoms with E-state index >= 15 is 0 Å². The maximum absolute atomic E-state index is 12.7. The Bertz CT molecular complexity index is 279. The molecule has 0 amide bonds. The highest BCUT2D eigenvalue weighted by atomic mass is 19.1. The highest BCUT2D eigenvalue weighted by Gasteiger charge is 2.24. The normalized spacial score (nSPS) is 21.8. The molecule has 1 aliphatic heterocycles. The molecule has 1 aromatic carbocycles. The Morgan fingerprint density at radius 3 is 2.82 bits per heavy atom. The van der Waals surface area contributed by atoms with Crippen molar-refractivity contribution in [3.8, 4) is 0 Å². The van der Waals surface area contributed by atoms with E-state index in [1.165, 1.54) is 6.07 Å². The molecular weight excluding hydrogens is 143 g/mol. The van der Waals surface area contributed by atoms with E-state index in [9.17, 15) is 4.39 Å². The van der Waals surface area contributed by atoms with Crippen LogP contribution in [0.3, 0.4) is 0 Å². The van der Waals surface area contributed by atoms with Crippen molar-refractivity contribution in [3.05, 3.63) is 35.1 Å². The zero-order chi connectivity index (χ0) is 7.84. The van der Waals surface area contributed by atoms with Crippen molar-refractivity contribution in [1.29, 1.82) is 0 Å². The lowest BCUT2D eigenvalue weighted by Gasteiger charge is -1.98. The second-order valence-corrected chi connectivity index (χ2v) is 2.83. The average molecular weight is 152 g/mol. The van der Waals surface area contributed by atoms with Crippen LogP contribution in [0.4, 0.5) is 4.39 Å². The van der Waals surface area contributed by atoms with Crippen LogP contribution in [0, 0.1) is 12.7 Å². The summed E-state index contributed by atoms with van der Waals surface area (Å²) in [6.07, 6.45) is 0.231. The molecule has 1 heterocycles. The molecule has 1 aromatic rings. The number of halogens is 1. The van der Waals surface area contributed by atoms with Gasteiger partial charge in [0.2, 0.25) is 0 Å². The van der Waals surface area contributed by atoms with E-state index in [1.54, 1.807) is 13.0 Å². The van der Waals surface area contributed by atoms with Gasteiger partial charge in [0.25, 0.3) is 0 Å². The smallest absolute Gasteiger partial charge is 0.126 e. The van der Waals surface area contributed by atoms with E-state index in [1.807, 2.05) is 6.07 Å². The summed E-state index contributed by atoms with van der Waals surface area (Å²) >= 11 is 0. The third-order valence-electron chi connectivity index (χ3n) is 1.89. The zero-order valence-corrected chi connectivity index (χ0v) is 6.30. The Balaban J connectivity index is 2.36. The molecule has 2 rings (SSSR count). The van der Waals surface area contributed by atoms with Crippen molar-refractivity contribution in [2.45, 2.75) is 13.0 Å². The first kappa shape index (κ1) is 6.80. The van der Waals surface area contributed by atoms with Gasteiger partial charge in [-0.05, 0) is 24.1 Å². The molecule has 0 spiro atoms. The van der Waals surface area contributed by atoms with Gasteiger partial charge >= 0.3 is 0 Å². The molecule has 2 heteroatoms. The largest absolute Gasteiger partial charge is 0.368 e. The Morgan fingerprint density at radius 1 is 1.55 bits per heavy atom. The first-order chi connectivity index (χ1) is 5.27. The minimum Gasteiger partial charge on any atom is -0.368 e. The van der Waals surface area contributed by atoms with Crippen molar-refractivity contribution in [2.24, 2.45) is 0 Å². The van der Waals surface area contributed by atoms with Crippen LogP contribution in [-0.4, -0.2) is 6.61 Å². The SMILES string of the molecule is Cc1cc([C@H]2CO2)ccc1F. The molecule has 0 aliphatic carbocycles. The van der Waals surface area contributed by atoms with Gasteiger partial charge in [0.05, 0.1) is 6.61 Å². The van der Waals surface area contributed by atoms with Crippen molar-refractivity contribution in [2.75, 3.05) is 6.61 Å². The lowest BCUT2D eigenvalue weighted by molar-refractivity contribution is 0.415. The summed E-state index contributed by atoms with van der Waals surface area (Å²) in [5.74, 6) is -0.144. The van der Waals surface area contributed by atoms with E-state index in [4.69, 9.17) is 4.74 Å². The first-order valence-corrected chi connectivity index (χ1v) is 3.65. The van der Waals surface area contributed by atoms with Gasteiger partial charge in [-0.15, -0.1) is 0 Å². The molecule has 11 heavy (non-hydrogen) atoms. The van der Waals surface area contributed by atoms with Gasteiger partial charge < -0.3 is 4.74 Å². The highest BCUT2D eigenvalue weighted by molar-refractivity contribution is 5.27. The molecule has 1 atom stereocenters. The van der Waals surface area contributed by atoms with Crippen molar-refractivity contribution >= 4 is 0 Å². The van der Waals surface area contributed by atoms with Crippen LogP contribution >= 0.6 is 0 Å². The summed E-state index contributed by atoms with van der Waals surface area (Å²) < 4.78 is 17.8. The van der Waals surface area contributed by atoms with Gasteiger partial charge in [-0.25, -0.2) is 4.39 Å². The fraction of sp³-hybridized carbons (Fsp3) is 0.333. The summed E-state index contributed by atoms with van der Waals surface area (Å²) in [6.45, 7) is 2.55. The third kappa shape index (κ3) is 1.26. The van der Waals surface area contributed by atoms with Crippen LogP contribution in [-0.2, 0) is 4.74 Å². The molecule has 1 aliphatic rings. The molecule has 0 unspecified atom stereocenters. The second kappa shape index (κ2) is 2.31. The monoisotopic (exact) mass is 152 g/mol. The molecule has 1 nitrogen and oxygen atoms in total. The maximum Gasteiger partial charge on any atom is 0.126 e. The number of rotatable bonds is 1. The third-order valence-corrected chi connectivity index (χ3v) is 1.89. The number of hydrogen-bond donors (Lipinski definition) is 0. The predicted molar refractivity (Wildman–Crippen MR) is 39.8 cm³/mol. The minimum absolute atomic E-state index is 0.144. The first-order valence-electron chi connectivity index (χ1n) is 3.65. The van der Waals surface area contributed by atoms with Crippen LogP contribution in [0.1, 0.15) is 17.2 Å². The number of ether oxygens (including phenoxy) is 1. The van der Waals surface area contributed by atoms with Gasteiger partial charge in [-0.2, -0.15) is 0 Å². The molecule has 0 saturated carbocycles. The van der Waals surface area contributed by atoms with Gasteiger partial charge in [0.15, 0.2) is 0 Å². The fourth-order valence-corrected chi connectivity index (χ4v) is 1.11. The Kier molecular flexibility index (Phi) is 1.43. The molecule has 0 bridgehead atoms. The van der Waals surface area contributed by atoms with Crippen LogP contribution in [0.5, 0.6) is 0 Å². The Hall–Kier alpha value is -0.890. The summed E-state index contributed by atoms with van der Waals surface area (Å²) in [5.41, 5.74) is 1.78. The van der Waals surface area contributed by atoms with Crippen LogP contribution in [0.2, 0.25) is 0 Å². The predicted octanol–water partition coefficient (Wildman–Crippen LogP) is 2.21. The van der Waals surface area contributed by atoms with Crippen molar-refractivity contribution in [3.63, 3.8) is 0 Å². The van der Waals surface area contributed by atoms with Gasteiger partial charge in [0.1, 0.15) is 11.9 Å². The van der Waals surface area contributed by atoms with Gasteiger partial charge in [0, 0.05) is 0 Å². The van der Waals surface area contributed by atoms with Crippen molar-refractivity contribution < 1.29 is 9.13 Å². The standard InChI is InChI=1S/C9H9FO/c1-6-4-7(9-5-11-9)2-3-8(6)10/h2-4,9H,5H2,1H3/t9-/m1/s1. The lowest BCUT2D eigenvalue weighted by Crippen LogP contribution is -1.85. The molecule has 1 fully saturated rings. The summed E-state index contributed by atoms with van der Waals surface area (Å²) in [7, 11) is 0. The molecule has 0 aromatic heterocycles. The number of benzene rings is 1. The van der Waals surface area contributed by atoms with Gasteiger partial charge in [-0.1, -0.05) is 12.1 Å². The quantitative estimate of drug-likeness (QED) is 0.562. The highest BCUT2D eigenvalue weighted by Crippen LogP contribution is 2.30. The topological polar surface area (TPSA) is 12.5 Å².